The molecule has 1 aromatic carbocycles. The Kier molecular flexibility index (Phi) is 3.12. The van der Waals surface area contributed by atoms with Crippen LogP contribution in [0.4, 0.5) is 4.39 Å². The molecule has 16 heavy (non-hydrogen) atoms. The first-order valence-electron chi connectivity index (χ1n) is 5.01. The van der Waals surface area contributed by atoms with Gasteiger partial charge in [0.05, 0.1) is 0 Å². The van der Waals surface area contributed by atoms with E-state index in [9.17, 15) is 9.18 Å². The van der Waals surface area contributed by atoms with Crippen LogP contribution in [0.15, 0.2) is 18.2 Å². The SMILES string of the molecule is O=C(O)C1CCC(c2cc(F)ccc2Cl)N1. The normalized spacial score (nSPS) is 24.6. The molecule has 2 N–H and O–H groups in total. The maximum Gasteiger partial charge on any atom is 0.320 e. The van der Waals surface area contributed by atoms with Crippen LogP contribution in [0.5, 0.6) is 0 Å². The molecule has 2 atom stereocenters. The highest BCUT2D eigenvalue weighted by Crippen LogP contribution is 2.31. The van der Waals surface area contributed by atoms with Gasteiger partial charge in [-0.3, -0.25) is 10.1 Å². The Morgan fingerprint density at radius 1 is 1.50 bits per heavy atom. The lowest BCUT2D eigenvalue weighted by molar-refractivity contribution is -0.139. The summed E-state index contributed by atoms with van der Waals surface area (Å²) >= 11 is 5.95. The molecule has 1 heterocycles. The second kappa shape index (κ2) is 4.39. The molecular formula is C11H11ClFNO2. The highest BCUT2D eigenvalue weighted by Gasteiger charge is 2.30. The smallest absolute Gasteiger partial charge is 0.320 e. The maximum absolute atomic E-state index is 13.1. The minimum Gasteiger partial charge on any atom is -0.480 e. The van der Waals surface area contributed by atoms with Gasteiger partial charge in [-0.15, -0.1) is 0 Å². The van der Waals surface area contributed by atoms with Crippen molar-refractivity contribution in [2.75, 3.05) is 0 Å². The van der Waals surface area contributed by atoms with E-state index in [2.05, 4.69) is 5.32 Å². The summed E-state index contributed by atoms with van der Waals surface area (Å²) in [6, 6.07) is 3.38. The average Bonchev–Trinajstić information content (AvgIpc) is 2.70. The van der Waals surface area contributed by atoms with Gasteiger partial charge >= 0.3 is 5.97 Å². The summed E-state index contributed by atoms with van der Waals surface area (Å²) in [5, 5.41) is 12.2. The lowest BCUT2D eigenvalue weighted by Crippen LogP contribution is -2.31. The van der Waals surface area contributed by atoms with Gasteiger partial charge in [-0.1, -0.05) is 11.6 Å². The number of carboxylic acids is 1. The molecule has 1 aliphatic rings. The number of aliphatic carboxylic acids is 1. The zero-order valence-electron chi connectivity index (χ0n) is 8.41. The van der Waals surface area contributed by atoms with Gasteiger partial charge in [-0.2, -0.15) is 0 Å². The maximum atomic E-state index is 13.1. The van der Waals surface area contributed by atoms with E-state index in [1.54, 1.807) is 0 Å². The molecule has 1 aliphatic heterocycles. The zero-order valence-corrected chi connectivity index (χ0v) is 9.17. The summed E-state index contributed by atoms with van der Waals surface area (Å²) in [7, 11) is 0. The summed E-state index contributed by atoms with van der Waals surface area (Å²) in [6.45, 7) is 0. The number of halogens is 2. The quantitative estimate of drug-likeness (QED) is 0.838. The molecule has 0 spiro atoms. The molecule has 0 saturated carbocycles. The molecule has 0 aromatic heterocycles. The summed E-state index contributed by atoms with van der Waals surface area (Å²) in [5.74, 6) is -1.24. The number of hydrogen-bond acceptors (Lipinski definition) is 2. The molecule has 3 nitrogen and oxygen atoms in total. The Morgan fingerprint density at radius 3 is 2.88 bits per heavy atom. The number of hydrogen-bond donors (Lipinski definition) is 2. The third-order valence-corrected chi connectivity index (χ3v) is 3.12. The molecule has 5 heteroatoms. The van der Waals surface area contributed by atoms with Gasteiger partial charge in [0.1, 0.15) is 11.9 Å². The van der Waals surface area contributed by atoms with Gasteiger partial charge in [0.2, 0.25) is 0 Å². The van der Waals surface area contributed by atoms with E-state index in [0.717, 1.165) is 0 Å². The largest absolute Gasteiger partial charge is 0.480 e. The molecule has 0 aliphatic carbocycles. The summed E-state index contributed by atoms with van der Waals surface area (Å²) < 4.78 is 13.1. The van der Waals surface area contributed by atoms with Gasteiger partial charge in [0.25, 0.3) is 0 Å². The number of carboxylic acid groups (broad SMARTS) is 1. The Morgan fingerprint density at radius 2 is 2.25 bits per heavy atom. The first kappa shape index (κ1) is 11.4. The Bertz CT molecular complexity index is 424. The third-order valence-electron chi connectivity index (χ3n) is 2.78. The van der Waals surface area contributed by atoms with Crippen LogP contribution in [0, 0.1) is 5.82 Å². The molecule has 86 valence electrons. The van der Waals surface area contributed by atoms with Crippen LogP contribution >= 0.6 is 11.6 Å². The zero-order chi connectivity index (χ0) is 11.7. The van der Waals surface area contributed by atoms with E-state index in [0.29, 0.717) is 23.4 Å². The van der Waals surface area contributed by atoms with Gasteiger partial charge in [0.15, 0.2) is 0 Å². The van der Waals surface area contributed by atoms with Crippen LogP contribution in [-0.2, 0) is 4.79 Å². The van der Waals surface area contributed by atoms with Crippen LogP contribution in [0.25, 0.3) is 0 Å². The van der Waals surface area contributed by atoms with E-state index in [1.165, 1.54) is 18.2 Å². The summed E-state index contributed by atoms with van der Waals surface area (Å²) in [4.78, 5) is 10.8. The molecule has 2 rings (SSSR count). The molecule has 0 bridgehead atoms. The molecule has 0 amide bonds. The molecule has 1 saturated heterocycles. The molecule has 2 unspecified atom stereocenters. The topological polar surface area (TPSA) is 49.3 Å². The first-order valence-corrected chi connectivity index (χ1v) is 5.39. The van der Waals surface area contributed by atoms with Gasteiger partial charge in [0, 0.05) is 11.1 Å². The van der Waals surface area contributed by atoms with Crippen molar-refractivity contribution >= 4 is 17.6 Å². The summed E-state index contributed by atoms with van der Waals surface area (Å²) in [6.07, 6.45) is 1.19. The predicted molar refractivity (Wildman–Crippen MR) is 57.9 cm³/mol. The van der Waals surface area contributed by atoms with Crippen molar-refractivity contribution in [3.05, 3.63) is 34.6 Å². The molecule has 0 radical (unpaired) electrons. The fourth-order valence-electron chi connectivity index (χ4n) is 1.96. The molecular weight excluding hydrogens is 233 g/mol. The highest BCUT2D eigenvalue weighted by molar-refractivity contribution is 6.31. The van der Waals surface area contributed by atoms with Crippen LogP contribution in [0.3, 0.4) is 0 Å². The predicted octanol–water partition coefficient (Wildman–Crippen LogP) is 2.36. The Labute approximate surface area is 97.2 Å². The number of benzene rings is 1. The highest BCUT2D eigenvalue weighted by atomic mass is 35.5. The minimum atomic E-state index is -0.880. The molecule has 1 aromatic rings. The van der Waals surface area contributed by atoms with Crippen molar-refractivity contribution in [3.63, 3.8) is 0 Å². The van der Waals surface area contributed by atoms with Crippen LogP contribution < -0.4 is 5.32 Å². The van der Waals surface area contributed by atoms with Gasteiger partial charge in [-0.25, -0.2) is 4.39 Å². The average molecular weight is 244 g/mol. The van der Waals surface area contributed by atoms with Crippen LogP contribution in [0.2, 0.25) is 5.02 Å². The lowest BCUT2D eigenvalue weighted by Gasteiger charge is -2.13. The monoisotopic (exact) mass is 243 g/mol. The molecule has 1 fully saturated rings. The Hall–Kier alpha value is -1.13. The lowest BCUT2D eigenvalue weighted by atomic mass is 10.1. The van der Waals surface area contributed by atoms with E-state index in [-0.39, 0.29) is 11.9 Å². The van der Waals surface area contributed by atoms with Crippen LogP contribution in [0.1, 0.15) is 24.4 Å². The van der Waals surface area contributed by atoms with Crippen LogP contribution in [-0.4, -0.2) is 17.1 Å². The van der Waals surface area contributed by atoms with E-state index >= 15 is 0 Å². The Balaban J connectivity index is 2.20. The van der Waals surface area contributed by atoms with Crippen molar-refractivity contribution in [1.82, 2.24) is 5.32 Å². The van der Waals surface area contributed by atoms with E-state index in [1.807, 2.05) is 0 Å². The van der Waals surface area contributed by atoms with Crippen molar-refractivity contribution in [2.45, 2.75) is 24.9 Å². The third kappa shape index (κ3) is 2.18. The van der Waals surface area contributed by atoms with Crippen molar-refractivity contribution in [1.29, 1.82) is 0 Å². The van der Waals surface area contributed by atoms with E-state index < -0.39 is 12.0 Å². The standard InChI is InChI=1S/C11H11ClFNO2/c12-8-2-1-6(13)5-7(8)9-3-4-10(14-9)11(15)16/h1-2,5,9-10,14H,3-4H2,(H,15,16). The van der Waals surface area contributed by atoms with Crippen molar-refractivity contribution < 1.29 is 14.3 Å². The fraction of sp³-hybridized carbons (Fsp3) is 0.364. The second-order valence-electron chi connectivity index (χ2n) is 3.85. The number of carbonyl (C=O) groups is 1. The van der Waals surface area contributed by atoms with Gasteiger partial charge in [-0.05, 0) is 36.6 Å². The number of nitrogens with one attached hydrogen (secondary N) is 1. The number of rotatable bonds is 2. The van der Waals surface area contributed by atoms with Crippen molar-refractivity contribution in [2.24, 2.45) is 0 Å². The van der Waals surface area contributed by atoms with Crippen molar-refractivity contribution in [3.8, 4) is 0 Å². The van der Waals surface area contributed by atoms with Gasteiger partial charge < -0.3 is 5.11 Å². The van der Waals surface area contributed by atoms with E-state index in [4.69, 9.17) is 16.7 Å². The second-order valence-corrected chi connectivity index (χ2v) is 4.26. The minimum absolute atomic E-state index is 0.177. The summed E-state index contributed by atoms with van der Waals surface area (Å²) in [5.41, 5.74) is 0.630. The fourth-order valence-corrected chi connectivity index (χ4v) is 2.21. The first-order chi connectivity index (χ1) is 7.58.